The van der Waals surface area contributed by atoms with Gasteiger partial charge in [-0.15, -0.1) is 0 Å². The number of para-hydroxylation sites is 1. The molecule has 0 radical (unpaired) electrons. The minimum absolute atomic E-state index is 0.158. The molecule has 2 heterocycles. The molecule has 1 N–H and O–H groups in total. The Balaban J connectivity index is 1.69. The molecular weight excluding hydrogens is 326 g/mol. The van der Waals surface area contributed by atoms with E-state index in [9.17, 15) is 15.2 Å². The molecule has 134 valence electrons. The predicted octanol–water partition coefficient (Wildman–Crippen LogP) is 3.73. The Labute approximate surface area is 153 Å². The van der Waals surface area contributed by atoms with Crippen molar-refractivity contribution >= 4 is 11.7 Å². The molecule has 0 amide bonds. The van der Waals surface area contributed by atoms with Gasteiger partial charge in [-0.1, -0.05) is 18.2 Å². The second kappa shape index (κ2) is 7.57. The first-order valence-corrected chi connectivity index (χ1v) is 8.94. The molecule has 5 heteroatoms. The Morgan fingerprint density at radius 2 is 1.96 bits per heavy atom. The molecule has 3 rings (SSSR count). The maximum absolute atomic E-state index is 11.3. The lowest BCUT2D eigenvalue weighted by atomic mass is 9.90. The maximum atomic E-state index is 11.3. The number of nitrogens with zero attached hydrogens (tertiary/aromatic N) is 3. The van der Waals surface area contributed by atoms with Gasteiger partial charge in [0.2, 0.25) is 0 Å². The average molecular weight is 349 g/mol. The van der Waals surface area contributed by atoms with E-state index in [4.69, 9.17) is 0 Å². The van der Waals surface area contributed by atoms with Gasteiger partial charge in [0, 0.05) is 18.8 Å². The van der Waals surface area contributed by atoms with Crippen molar-refractivity contribution in [3.8, 4) is 6.07 Å². The van der Waals surface area contributed by atoms with Gasteiger partial charge in [0.25, 0.3) is 0 Å². The summed E-state index contributed by atoms with van der Waals surface area (Å²) in [6.07, 6.45) is 2.83. The largest absolute Gasteiger partial charge is 0.477 e. The first-order valence-electron chi connectivity index (χ1n) is 8.94. The number of anilines is 1. The number of carboxylic acid groups (broad SMARTS) is 1. The van der Waals surface area contributed by atoms with E-state index >= 15 is 0 Å². The van der Waals surface area contributed by atoms with Crippen molar-refractivity contribution in [2.45, 2.75) is 33.1 Å². The summed E-state index contributed by atoms with van der Waals surface area (Å²) in [7, 11) is 0. The first kappa shape index (κ1) is 17.9. The zero-order valence-electron chi connectivity index (χ0n) is 15.2. The lowest BCUT2D eigenvalue weighted by Gasteiger charge is -2.34. The summed E-state index contributed by atoms with van der Waals surface area (Å²) in [5, 5.41) is 18.6. The number of carbonyl (C=O) groups is 1. The molecule has 0 unspecified atom stereocenters. The van der Waals surface area contributed by atoms with E-state index in [-0.39, 0.29) is 5.69 Å². The standard InChI is InChI=1S/C21H23N3O2/c1-14-11-15(2)20(21(25)26)23-18(14)12-16-7-9-24(10-8-16)19-6-4-3-5-17(19)13-22/h3-6,11,16H,7-10,12H2,1-2H3,(H,25,26). The third-order valence-electron chi connectivity index (χ3n) is 5.17. The lowest BCUT2D eigenvalue weighted by Crippen LogP contribution is -2.35. The molecule has 1 fully saturated rings. The molecule has 1 aromatic carbocycles. The number of hydrogen-bond acceptors (Lipinski definition) is 4. The van der Waals surface area contributed by atoms with Crippen LogP contribution in [0.4, 0.5) is 5.69 Å². The topological polar surface area (TPSA) is 77.2 Å². The van der Waals surface area contributed by atoms with Crippen LogP contribution in [0.3, 0.4) is 0 Å². The highest BCUT2D eigenvalue weighted by molar-refractivity contribution is 5.87. The Morgan fingerprint density at radius 1 is 1.27 bits per heavy atom. The molecule has 5 nitrogen and oxygen atoms in total. The number of pyridine rings is 1. The van der Waals surface area contributed by atoms with Gasteiger partial charge in [0.1, 0.15) is 6.07 Å². The highest BCUT2D eigenvalue weighted by atomic mass is 16.4. The summed E-state index contributed by atoms with van der Waals surface area (Å²) in [5.74, 6) is -0.484. The second-order valence-corrected chi connectivity index (χ2v) is 6.99. The number of aromatic carboxylic acids is 1. The molecule has 1 aliphatic heterocycles. The van der Waals surface area contributed by atoms with Crippen molar-refractivity contribution in [2.75, 3.05) is 18.0 Å². The summed E-state index contributed by atoms with van der Waals surface area (Å²) in [6.45, 7) is 5.59. The predicted molar refractivity (Wildman–Crippen MR) is 100 cm³/mol. The van der Waals surface area contributed by atoms with Gasteiger partial charge in [-0.3, -0.25) is 0 Å². The number of rotatable bonds is 4. The zero-order chi connectivity index (χ0) is 18.7. The minimum atomic E-state index is -0.966. The van der Waals surface area contributed by atoms with Crippen molar-refractivity contribution in [1.82, 2.24) is 4.98 Å². The van der Waals surface area contributed by atoms with Gasteiger partial charge < -0.3 is 10.0 Å². The van der Waals surface area contributed by atoms with E-state index in [0.717, 1.165) is 49.3 Å². The fourth-order valence-electron chi connectivity index (χ4n) is 3.71. The smallest absolute Gasteiger partial charge is 0.354 e. The maximum Gasteiger partial charge on any atom is 0.354 e. The molecule has 1 aliphatic rings. The Bertz CT molecular complexity index is 862. The van der Waals surface area contributed by atoms with Crippen LogP contribution in [0.2, 0.25) is 0 Å². The Hall–Kier alpha value is -2.87. The normalized spacial score (nSPS) is 14.9. The van der Waals surface area contributed by atoms with Crippen molar-refractivity contribution in [2.24, 2.45) is 5.92 Å². The number of nitriles is 1. The summed E-state index contributed by atoms with van der Waals surface area (Å²) in [5.41, 5.74) is 4.54. The van der Waals surface area contributed by atoms with Gasteiger partial charge in [-0.25, -0.2) is 9.78 Å². The van der Waals surface area contributed by atoms with Crippen molar-refractivity contribution in [3.05, 3.63) is 58.4 Å². The van der Waals surface area contributed by atoms with Gasteiger partial charge in [-0.2, -0.15) is 5.26 Å². The van der Waals surface area contributed by atoms with Crippen LogP contribution in [-0.4, -0.2) is 29.1 Å². The van der Waals surface area contributed by atoms with Gasteiger partial charge in [0.05, 0.1) is 11.3 Å². The van der Waals surface area contributed by atoms with E-state index in [1.807, 2.05) is 37.3 Å². The van der Waals surface area contributed by atoms with Crippen molar-refractivity contribution < 1.29 is 9.90 Å². The lowest BCUT2D eigenvalue weighted by molar-refractivity contribution is 0.0689. The van der Waals surface area contributed by atoms with E-state index in [2.05, 4.69) is 16.0 Å². The number of aryl methyl sites for hydroxylation is 2. The number of carboxylic acids is 1. The van der Waals surface area contributed by atoms with Crippen LogP contribution in [0.1, 0.15) is 45.7 Å². The molecule has 0 atom stereocenters. The number of benzene rings is 1. The van der Waals surface area contributed by atoms with E-state index < -0.39 is 5.97 Å². The fourth-order valence-corrected chi connectivity index (χ4v) is 3.71. The number of piperidine rings is 1. The summed E-state index contributed by atoms with van der Waals surface area (Å²) >= 11 is 0. The fraction of sp³-hybridized carbons (Fsp3) is 0.381. The Morgan fingerprint density at radius 3 is 2.62 bits per heavy atom. The Kier molecular flexibility index (Phi) is 5.22. The summed E-state index contributed by atoms with van der Waals surface area (Å²) in [6, 6.07) is 11.9. The summed E-state index contributed by atoms with van der Waals surface area (Å²) in [4.78, 5) is 18.0. The van der Waals surface area contributed by atoms with Gasteiger partial charge in [-0.05, 0) is 62.3 Å². The zero-order valence-corrected chi connectivity index (χ0v) is 15.2. The quantitative estimate of drug-likeness (QED) is 0.910. The molecule has 0 bridgehead atoms. The van der Waals surface area contributed by atoms with Crippen molar-refractivity contribution in [3.63, 3.8) is 0 Å². The SMILES string of the molecule is Cc1cc(C)c(C(=O)O)nc1CC1CCN(c2ccccc2C#N)CC1. The average Bonchev–Trinajstić information content (AvgIpc) is 2.64. The molecule has 0 aliphatic carbocycles. The molecule has 1 aromatic heterocycles. The van der Waals surface area contributed by atoms with Crippen LogP contribution in [0.5, 0.6) is 0 Å². The first-order chi connectivity index (χ1) is 12.5. The summed E-state index contributed by atoms with van der Waals surface area (Å²) < 4.78 is 0. The van der Waals surface area contributed by atoms with Crippen LogP contribution in [0.25, 0.3) is 0 Å². The van der Waals surface area contributed by atoms with Crippen LogP contribution >= 0.6 is 0 Å². The highest BCUT2D eigenvalue weighted by Crippen LogP contribution is 2.28. The van der Waals surface area contributed by atoms with E-state index in [0.29, 0.717) is 17.0 Å². The molecule has 26 heavy (non-hydrogen) atoms. The minimum Gasteiger partial charge on any atom is -0.477 e. The third kappa shape index (κ3) is 3.70. The van der Waals surface area contributed by atoms with Crippen LogP contribution < -0.4 is 4.90 Å². The van der Waals surface area contributed by atoms with E-state index in [1.54, 1.807) is 6.92 Å². The molecule has 0 saturated carbocycles. The van der Waals surface area contributed by atoms with Crippen molar-refractivity contribution in [1.29, 1.82) is 5.26 Å². The molecular formula is C21H23N3O2. The molecule has 2 aromatic rings. The third-order valence-corrected chi connectivity index (χ3v) is 5.17. The van der Waals surface area contributed by atoms with Gasteiger partial charge >= 0.3 is 5.97 Å². The van der Waals surface area contributed by atoms with Gasteiger partial charge in [0.15, 0.2) is 5.69 Å². The van der Waals surface area contributed by atoms with Crippen LogP contribution in [-0.2, 0) is 6.42 Å². The van der Waals surface area contributed by atoms with Crippen LogP contribution in [0.15, 0.2) is 30.3 Å². The van der Waals surface area contributed by atoms with E-state index in [1.165, 1.54) is 0 Å². The number of aromatic nitrogens is 1. The second-order valence-electron chi connectivity index (χ2n) is 6.99. The molecule has 0 spiro atoms. The monoisotopic (exact) mass is 349 g/mol. The highest BCUT2D eigenvalue weighted by Gasteiger charge is 2.23. The van der Waals surface area contributed by atoms with Crippen LogP contribution in [0, 0.1) is 31.1 Å². The molecule has 1 saturated heterocycles. The number of hydrogen-bond donors (Lipinski definition) is 1.